The van der Waals surface area contributed by atoms with Gasteiger partial charge in [0.1, 0.15) is 5.92 Å². The number of nitrogens with zero attached hydrogens (tertiary/aromatic N) is 2. The third kappa shape index (κ3) is 3.56. The molecule has 2 N–H and O–H groups in total. The molecule has 0 saturated carbocycles. The molecule has 5 nitrogen and oxygen atoms in total. The minimum atomic E-state index is -0.723. The van der Waals surface area contributed by atoms with Crippen LogP contribution in [0.2, 0.25) is 0 Å². The van der Waals surface area contributed by atoms with Crippen LogP contribution in [0.5, 0.6) is 0 Å². The number of hydrogen-bond acceptors (Lipinski definition) is 3. The van der Waals surface area contributed by atoms with Crippen molar-refractivity contribution in [2.24, 2.45) is 11.7 Å². The number of likely N-dealkylation sites (N-methyl/N-ethyl adjacent to an activating group) is 1. The molecular formula is C8H13N3O2. The summed E-state index contributed by atoms with van der Waals surface area (Å²) in [5.41, 5.74) is 4.93. The van der Waals surface area contributed by atoms with E-state index in [0.717, 1.165) is 0 Å². The fourth-order valence-corrected chi connectivity index (χ4v) is 0.863. The largest absolute Gasteiger partial charge is 0.368 e. The highest BCUT2D eigenvalue weighted by Crippen LogP contribution is 2.00. The minimum absolute atomic E-state index is 0.124. The van der Waals surface area contributed by atoms with Gasteiger partial charge in [-0.1, -0.05) is 0 Å². The second kappa shape index (κ2) is 5.14. The monoisotopic (exact) mass is 183 g/mol. The molecule has 0 rings (SSSR count). The number of hydrogen-bond donors (Lipinski definition) is 1. The molecule has 0 fully saturated rings. The van der Waals surface area contributed by atoms with E-state index in [1.807, 2.05) is 6.07 Å². The zero-order chi connectivity index (χ0) is 10.4. The Balaban J connectivity index is 4.33. The number of nitriles is 1. The van der Waals surface area contributed by atoms with Crippen molar-refractivity contribution in [3.8, 4) is 6.07 Å². The fraction of sp³-hybridized carbons (Fsp3) is 0.625. The first kappa shape index (κ1) is 11.4. The van der Waals surface area contributed by atoms with E-state index in [9.17, 15) is 9.59 Å². The molecule has 0 aromatic carbocycles. The lowest BCUT2D eigenvalue weighted by Gasteiger charge is -2.19. The third-order valence-corrected chi connectivity index (χ3v) is 1.60. The van der Waals surface area contributed by atoms with Crippen molar-refractivity contribution in [2.45, 2.75) is 13.8 Å². The molecule has 2 amide bonds. The summed E-state index contributed by atoms with van der Waals surface area (Å²) in [6, 6.07) is 1.81. The predicted octanol–water partition coefficient (Wildman–Crippen LogP) is -0.520. The van der Waals surface area contributed by atoms with Crippen molar-refractivity contribution in [1.29, 1.82) is 5.26 Å². The average Bonchev–Trinajstić information content (AvgIpc) is 2.11. The van der Waals surface area contributed by atoms with Crippen LogP contribution in [-0.4, -0.2) is 29.8 Å². The fourth-order valence-electron chi connectivity index (χ4n) is 0.863. The van der Waals surface area contributed by atoms with E-state index in [4.69, 9.17) is 11.0 Å². The molecule has 0 aromatic rings. The zero-order valence-corrected chi connectivity index (χ0v) is 7.78. The van der Waals surface area contributed by atoms with E-state index in [1.54, 1.807) is 6.92 Å². The number of amides is 2. The average molecular weight is 183 g/mol. The highest BCUT2D eigenvalue weighted by molar-refractivity contribution is 5.86. The Morgan fingerprint density at radius 3 is 2.46 bits per heavy atom. The molecule has 0 saturated heterocycles. The van der Waals surface area contributed by atoms with E-state index in [-0.39, 0.29) is 12.5 Å². The molecule has 72 valence electrons. The van der Waals surface area contributed by atoms with E-state index in [0.29, 0.717) is 6.54 Å². The standard InChI is InChI=1S/C8H13N3O2/c1-3-11(5-7(10)12)8(13)6(2)4-9/h6H,3,5H2,1-2H3,(H2,10,12). The molecule has 0 aliphatic carbocycles. The molecule has 0 aromatic heterocycles. The van der Waals surface area contributed by atoms with Crippen LogP contribution in [0, 0.1) is 17.2 Å². The molecule has 0 aliphatic rings. The molecule has 0 heterocycles. The van der Waals surface area contributed by atoms with Crippen LogP contribution in [0.3, 0.4) is 0 Å². The summed E-state index contributed by atoms with van der Waals surface area (Å²) < 4.78 is 0. The van der Waals surface area contributed by atoms with Crippen molar-refractivity contribution < 1.29 is 9.59 Å². The Morgan fingerprint density at radius 2 is 2.15 bits per heavy atom. The molecular weight excluding hydrogens is 170 g/mol. The van der Waals surface area contributed by atoms with Crippen LogP contribution >= 0.6 is 0 Å². The Labute approximate surface area is 77.1 Å². The van der Waals surface area contributed by atoms with Crippen molar-refractivity contribution in [3.05, 3.63) is 0 Å². The molecule has 1 unspecified atom stereocenters. The number of nitrogens with two attached hydrogens (primary N) is 1. The quantitative estimate of drug-likeness (QED) is 0.636. The van der Waals surface area contributed by atoms with Crippen molar-refractivity contribution in [3.63, 3.8) is 0 Å². The SMILES string of the molecule is CCN(CC(N)=O)C(=O)C(C)C#N. The van der Waals surface area contributed by atoms with Crippen LogP contribution in [0.15, 0.2) is 0 Å². The first-order chi connectivity index (χ1) is 6.02. The summed E-state index contributed by atoms with van der Waals surface area (Å²) in [7, 11) is 0. The van der Waals surface area contributed by atoms with Crippen LogP contribution < -0.4 is 5.73 Å². The van der Waals surface area contributed by atoms with Gasteiger partial charge in [0.25, 0.3) is 0 Å². The lowest BCUT2D eigenvalue weighted by atomic mass is 10.2. The molecule has 1 atom stereocenters. The maximum absolute atomic E-state index is 11.3. The zero-order valence-electron chi connectivity index (χ0n) is 7.78. The maximum atomic E-state index is 11.3. The molecule has 0 radical (unpaired) electrons. The van der Waals surface area contributed by atoms with Gasteiger partial charge in [0.2, 0.25) is 11.8 Å². The predicted molar refractivity (Wildman–Crippen MR) is 46.2 cm³/mol. The molecule has 5 heteroatoms. The van der Waals surface area contributed by atoms with Crippen molar-refractivity contribution >= 4 is 11.8 Å². The van der Waals surface area contributed by atoms with E-state index in [2.05, 4.69) is 0 Å². The molecule has 0 bridgehead atoms. The summed E-state index contributed by atoms with van der Waals surface area (Å²) in [5, 5.41) is 8.47. The van der Waals surface area contributed by atoms with Crippen LogP contribution in [0.4, 0.5) is 0 Å². The lowest BCUT2D eigenvalue weighted by Crippen LogP contribution is -2.40. The van der Waals surface area contributed by atoms with Gasteiger partial charge in [-0.25, -0.2) is 0 Å². The molecule has 13 heavy (non-hydrogen) atoms. The summed E-state index contributed by atoms with van der Waals surface area (Å²) in [5.74, 6) is -1.65. The van der Waals surface area contributed by atoms with Gasteiger partial charge in [-0.2, -0.15) is 5.26 Å². The number of rotatable bonds is 4. The highest BCUT2D eigenvalue weighted by Gasteiger charge is 2.19. The van der Waals surface area contributed by atoms with Gasteiger partial charge in [-0.3, -0.25) is 9.59 Å². The number of primary amides is 1. The van der Waals surface area contributed by atoms with Gasteiger partial charge in [-0.05, 0) is 13.8 Å². The Morgan fingerprint density at radius 1 is 1.62 bits per heavy atom. The Kier molecular flexibility index (Phi) is 4.52. The first-order valence-corrected chi connectivity index (χ1v) is 3.99. The van der Waals surface area contributed by atoms with Crippen LogP contribution in [-0.2, 0) is 9.59 Å². The van der Waals surface area contributed by atoms with Crippen LogP contribution in [0.25, 0.3) is 0 Å². The van der Waals surface area contributed by atoms with E-state index >= 15 is 0 Å². The summed E-state index contributed by atoms with van der Waals surface area (Å²) in [6.07, 6.45) is 0. The van der Waals surface area contributed by atoms with Gasteiger partial charge >= 0.3 is 0 Å². The molecule has 0 aliphatic heterocycles. The second-order valence-corrected chi connectivity index (χ2v) is 2.67. The third-order valence-electron chi connectivity index (χ3n) is 1.60. The first-order valence-electron chi connectivity index (χ1n) is 3.99. The minimum Gasteiger partial charge on any atom is -0.368 e. The molecule has 0 spiro atoms. The van der Waals surface area contributed by atoms with Gasteiger partial charge in [0, 0.05) is 6.54 Å². The van der Waals surface area contributed by atoms with Gasteiger partial charge in [-0.15, -0.1) is 0 Å². The second-order valence-electron chi connectivity index (χ2n) is 2.67. The summed E-state index contributed by atoms with van der Waals surface area (Å²) in [4.78, 5) is 23.1. The van der Waals surface area contributed by atoms with Crippen molar-refractivity contribution in [1.82, 2.24) is 4.90 Å². The maximum Gasteiger partial charge on any atom is 0.240 e. The van der Waals surface area contributed by atoms with Gasteiger partial charge < -0.3 is 10.6 Å². The van der Waals surface area contributed by atoms with E-state index in [1.165, 1.54) is 11.8 Å². The van der Waals surface area contributed by atoms with Crippen molar-refractivity contribution in [2.75, 3.05) is 13.1 Å². The summed E-state index contributed by atoms with van der Waals surface area (Å²) >= 11 is 0. The lowest BCUT2D eigenvalue weighted by molar-refractivity contribution is -0.136. The van der Waals surface area contributed by atoms with Crippen LogP contribution in [0.1, 0.15) is 13.8 Å². The highest BCUT2D eigenvalue weighted by atomic mass is 16.2. The normalized spacial score (nSPS) is 11.5. The number of carbonyl (C=O) groups excluding carboxylic acids is 2. The van der Waals surface area contributed by atoms with E-state index < -0.39 is 11.8 Å². The Bertz CT molecular complexity index is 244. The van der Waals surface area contributed by atoms with Gasteiger partial charge in [0.05, 0.1) is 12.6 Å². The topological polar surface area (TPSA) is 87.2 Å². The van der Waals surface area contributed by atoms with Gasteiger partial charge in [0.15, 0.2) is 0 Å². The summed E-state index contributed by atoms with van der Waals surface area (Å²) in [6.45, 7) is 3.48. The Hall–Kier alpha value is -1.57. The smallest absolute Gasteiger partial charge is 0.240 e. The number of carbonyl (C=O) groups is 2.